The van der Waals surface area contributed by atoms with Crippen molar-refractivity contribution in [3.05, 3.63) is 47.8 Å². The van der Waals surface area contributed by atoms with Crippen LogP contribution in [0.5, 0.6) is 5.75 Å². The maximum atomic E-state index is 12.9. The van der Waals surface area contributed by atoms with Crippen molar-refractivity contribution in [2.75, 3.05) is 13.2 Å². The van der Waals surface area contributed by atoms with E-state index in [0.29, 0.717) is 18.4 Å². The molecule has 2 fully saturated rings. The molecule has 0 radical (unpaired) electrons. The minimum atomic E-state index is -1.32. The van der Waals surface area contributed by atoms with Crippen LogP contribution < -0.4 is 4.74 Å². The molecule has 7 nitrogen and oxygen atoms in total. The van der Waals surface area contributed by atoms with Gasteiger partial charge in [-0.1, -0.05) is 18.6 Å². The number of fused-ring (bicyclic) bond motifs is 1. The van der Waals surface area contributed by atoms with Gasteiger partial charge in [0.1, 0.15) is 5.75 Å². The molecule has 170 valence electrons. The first-order chi connectivity index (χ1) is 15.6. The monoisotopic (exact) mass is 455 g/mol. The van der Waals surface area contributed by atoms with E-state index < -0.39 is 11.2 Å². The number of nitrogens with one attached hydrogen (secondary N) is 1. The first-order valence-electron chi connectivity index (χ1n) is 11.3. The third-order valence-corrected chi connectivity index (χ3v) is 7.50. The van der Waals surface area contributed by atoms with E-state index in [0.717, 1.165) is 47.3 Å². The predicted molar refractivity (Wildman–Crippen MR) is 122 cm³/mol. The number of para-hydroxylation sites is 2. The van der Waals surface area contributed by atoms with Gasteiger partial charge in [-0.15, -0.1) is 0 Å². The molecule has 0 bridgehead atoms. The molecule has 1 aliphatic carbocycles. The fourth-order valence-corrected chi connectivity index (χ4v) is 5.60. The van der Waals surface area contributed by atoms with Crippen LogP contribution in [-0.2, 0) is 26.4 Å². The summed E-state index contributed by atoms with van der Waals surface area (Å²) in [6.45, 7) is 3.14. The first-order valence-corrected chi connectivity index (χ1v) is 12.7. The van der Waals surface area contributed by atoms with Crippen LogP contribution in [0.25, 0.3) is 11.0 Å². The molecule has 3 heterocycles. The molecule has 2 aromatic heterocycles. The Morgan fingerprint density at radius 2 is 2.06 bits per heavy atom. The van der Waals surface area contributed by atoms with Gasteiger partial charge in [-0.25, -0.2) is 0 Å². The molecular formula is C24H29N3O4S. The van der Waals surface area contributed by atoms with E-state index >= 15 is 0 Å². The normalized spacial score (nSPS) is 21.2. The van der Waals surface area contributed by atoms with Crippen LogP contribution in [0, 0.1) is 6.92 Å². The van der Waals surface area contributed by atoms with Gasteiger partial charge in [0, 0.05) is 42.2 Å². The number of pyridine rings is 1. The Bertz CT molecular complexity index is 1030. The Labute approximate surface area is 191 Å². The molecule has 1 aromatic carbocycles. The van der Waals surface area contributed by atoms with E-state index in [1.165, 1.54) is 19.3 Å². The number of ether oxygens (including phenoxy) is 3. The highest BCUT2D eigenvalue weighted by atomic mass is 32.2. The number of H-pyrrole nitrogens is 1. The second-order valence-electron chi connectivity index (χ2n) is 8.59. The Kier molecular flexibility index (Phi) is 6.37. The summed E-state index contributed by atoms with van der Waals surface area (Å²) in [4.78, 5) is 12.0. The maximum absolute atomic E-state index is 12.9. The quantitative estimate of drug-likeness (QED) is 0.530. The lowest BCUT2D eigenvalue weighted by atomic mass is 9.94. The Balaban J connectivity index is 1.17. The van der Waals surface area contributed by atoms with Gasteiger partial charge >= 0.3 is 5.16 Å². The van der Waals surface area contributed by atoms with Crippen molar-refractivity contribution in [1.29, 1.82) is 0 Å². The van der Waals surface area contributed by atoms with Crippen molar-refractivity contribution < 1.29 is 18.8 Å². The molecule has 2 atom stereocenters. The lowest BCUT2D eigenvalue weighted by molar-refractivity contribution is -0.187. The van der Waals surface area contributed by atoms with Crippen molar-refractivity contribution in [1.82, 2.24) is 15.0 Å². The van der Waals surface area contributed by atoms with E-state index in [2.05, 4.69) is 15.0 Å². The van der Waals surface area contributed by atoms with Crippen LogP contribution in [0.15, 0.2) is 41.7 Å². The second-order valence-corrected chi connectivity index (χ2v) is 9.96. The molecule has 1 N–H and O–H groups in total. The average Bonchev–Trinajstić information content (AvgIpc) is 3.41. The van der Waals surface area contributed by atoms with E-state index in [4.69, 9.17) is 14.2 Å². The smallest absolute Gasteiger partial charge is 0.322 e. The average molecular weight is 456 g/mol. The third-order valence-electron chi connectivity index (χ3n) is 6.34. The van der Waals surface area contributed by atoms with Crippen molar-refractivity contribution in [2.45, 2.75) is 68.2 Å². The summed E-state index contributed by atoms with van der Waals surface area (Å²) in [5, 5.41) is 0.466. The van der Waals surface area contributed by atoms with Crippen molar-refractivity contribution >= 4 is 22.2 Å². The van der Waals surface area contributed by atoms with Crippen LogP contribution in [0.4, 0.5) is 0 Å². The molecule has 32 heavy (non-hydrogen) atoms. The van der Waals surface area contributed by atoms with Gasteiger partial charge in [-0.2, -0.15) is 4.98 Å². The number of benzene rings is 1. The molecular weight excluding hydrogens is 426 g/mol. The third kappa shape index (κ3) is 4.64. The van der Waals surface area contributed by atoms with E-state index in [1.54, 1.807) is 6.20 Å². The van der Waals surface area contributed by atoms with Crippen LogP contribution in [-0.4, -0.2) is 44.6 Å². The molecule has 1 saturated heterocycles. The molecule has 3 aromatic rings. The SMILES string of the molecule is Cc1c(OCCC2COC3(CCCCC3)O2)ccnc1C[S+]([O-])c1nc2ccccc2[nH]1. The summed E-state index contributed by atoms with van der Waals surface area (Å²) in [5.74, 6) is 0.705. The van der Waals surface area contributed by atoms with Gasteiger partial charge in [-0.05, 0) is 38.0 Å². The fraction of sp³-hybridized carbons (Fsp3) is 0.500. The Hall–Kier alpha value is -2.13. The topological polar surface area (TPSA) is 92.3 Å². The number of rotatable bonds is 7. The minimum Gasteiger partial charge on any atom is -0.609 e. The van der Waals surface area contributed by atoms with Crippen LogP contribution in [0.1, 0.15) is 49.8 Å². The second kappa shape index (κ2) is 9.39. The lowest BCUT2D eigenvalue weighted by Gasteiger charge is -2.31. The molecule has 1 saturated carbocycles. The van der Waals surface area contributed by atoms with Crippen LogP contribution >= 0.6 is 0 Å². The minimum absolute atomic E-state index is 0.0790. The molecule has 2 unspecified atom stereocenters. The highest BCUT2D eigenvalue weighted by molar-refractivity contribution is 7.90. The maximum Gasteiger partial charge on any atom is 0.322 e. The Morgan fingerprint density at radius 1 is 1.22 bits per heavy atom. The molecule has 8 heteroatoms. The number of aromatic amines is 1. The van der Waals surface area contributed by atoms with Crippen LogP contribution in [0.3, 0.4) is 0 Å². The van der Waals surface area contributed by atoms with Crippen LogP contribution in [0.2, 0.25) is 0 Å². The van der Waals surface area contributed by atoms with Gasteiger partial charge < -0.3 is 18.8 Å². The van der Waals surface area contributed by atoms with Gasteiger partial charge in [0.15, 0.2) is 11.5 Å². The van der Waals surface area contributed by atoms with Crippen molar-refractivity contribution in [3.8, 4) is 5.75 Å². The van der Waals surface area contributed by atoms with Gasteiger partial charge in [0.2, 0.25) is 0 Å². The lowest BCUT2D eigenvalue weighted by Crippen LogP contribution is -2.33. The van der Waals surface area contributed by atoms with E-state index in [9.17, 15) is 4.55 Å². The largest absolute Gasteiger partial charge is 0.609 e. The van der Waals surface area contributed by atoms with E-state index in [-0.39, 0.29) is 17.6 Å². The van der Waals surface area contributed by atoms with Crippen molar-refractivity contribution in [2.24, 2.45) is 0 Å². The van der Waals surface area contributed by atoms with Crippen molar-refractivity contribution in [3.63, 3.8) is 0 Å². The summed E-state index contributed by atoms with van der Waals surface area (Å²) in [6.07, 6.45) is 8.19. The zero-order valence-corrected chi connectivity index (χ0v) is 19.2. The summed E-state index contributed by atoms with van der Waals surface area (Å²) in [6, 6.07) is 9.53. The number of nitrogens with zero attached hydrogens (tertiary/aromatic N) is 2. The number of hydrogen-bond acceptors (Lipinski definition) is 6. The van der Waals surface area contributed by atoms with E-state index in [1.807, 2.05) is 37.3 Å². The number of imidazole rings is 1. The van der Waals surface area contributed by atoms with Gasteiger partial charge in [0.05, 0.1) is 36.0 Å². The number of aromatic nitrogens is 3. The summed E-state index contributed by atoms with van der Waals surface area (Å²) < 4.78 is 31.2. The van der Waals surface area contributed by atoms with Gasteiger partial charge in [0.25, 0.3) is 0 Å². The molecule has 2 aliphatic rings. The standard InChI is InChI=1S/C24H29N3O4S/c1-17-21(16-32(28)23-26-19-7-3-4-8-20(19)27-23)25-13-9-22(17)29-14-10-18-15-30-24(31-18)11-5-2-6-12-24/h3-4,7-9,13,18H,2,5-6,10-12,14-16H2,1H3,(H,26,27). The first kappa shape index (κ1) is 21.7. The Morgan fingerprint density at radius 3 is 2.91 bits per heavy atom. The number of hydrogen-bond donors (Lipinski definition) is 1. The molecule has 5 rings (SSSR count). The highest BCUT2D eigenvalue weighted by Crippen LogP contribution is 2.38. The fourth-order valence-electron chi connectivity index (χ4n) is 4.50. The summed E-state index contributed by atoms with van der Waals surface area (Å²) >= 11 is -1.32. The predicted octanol–water partition coefficient (Wildman–Crippen LogP) is 4.42. The summed E-state index contributed by atoms with van der Waals surface area (Å²) in [5.41, 5.74) is 3.35. The molecule has 0 amide bonds. The molecule has 1 aliphatic heterocycles. The zero-order valence-electron chi connectivity index (χ0n) is 18.3. The van der Waals surface area contributed by atoms with Gasteiger partial charge in [-0.3, -0.25) is 9.97 Å². The molecule has 1 spiro atoms. The highest BCUT2D eigenvalue weighted by Gasteiger charge is 2.41. The zero-order chi connectivity index (χ0) is 22.0. The summed E-state index contributed by atoms with van der Waals surface area (Å²) in [7, 11) is 0.